The van der Waals surface area contributed by atoms with Gasteiger partial charge < -0.3 is 0 Å². The zero-order valence-electron chi connectivity index (χ0n) is 7.10. The Morgan fingerprint density at radius 2 is 1.60 bits per heavy atom. The molecule has 0 atom stereocenters. The van der Waals surface area contributed by atoms with Crippen LogP contribution < -0.4 is 0 Å². The van der Waals surface area contributed by atoms with Gasteiger partial charge in [-0.25, -0.2) is 0 Å². The lowest BCUT2D eigenvalue weighted by Gasteiger charge is -2.13. The standard InChI is InChI=1S/C8H14N2/c1-5-8(4)9-6(2)7(3)10-8/h5H2,1-4H3. The summed E-state index contributed by atoms with van der Waals surface area (Å²) in [7, 11) is 0. The minimum Gasteiger partial charge on any atom is -0.259 e. The third-order valence-electron chi connectivity index (χ3n) is 2.01. The highest BCUT2D eigenvalue weighted by molar-refractivity contribution is 6.41. The molecule has 1 rings (SSSR count). The highest BCUT2D eigenvalue weighted by atomic mass is 15.1. The molecule has 0 bridgehead atoms. The Balaban J connectivity index is 2.91. The molecule has 0 N–H and O–H groups in total. The van der Waals surface area contributed by atoms with Crippen LogP contribution in [0.4, 0.5) is 0 Å². The van der Waals surface area contributed by atoms with Gasteiger partial charge in [-0.1, -0.05) is 6.92 Å². The second kappa shape index (κ2) is 2.19. The van der Waals surface area contributed by atoms with Crippen LogP contribution in [0.2, 0.25) is 0 Å². The molecule has 1 aliphatic rings. The van der Waals surface area contributed by atoms with Crippen molar-refractivity contribution >= 4 is 11.4 Å². The molecular weight excluding hydrogens is 124 g/mol. The molecular formula is C8H14N2. The molecule has 0 aliphatic carbocycles. The average Bonchev–Trinajstić information content (AvgIpc) is 2.10. The molecule has 1 aliphatic heterocycles. The fraction of sp³-hybridized carbons (Fsp3) is 0.750. The van der Waals surface area contributed by atoms with Crippen LogP contribution in [0.1, 0.15) is 34.1 Å². The maximum Gasteiger partial charge on any atom is 0.147 e. The van der Waals surface area contributed by atoms with Gasteiger partial charge in [-0.2, -0.15) is 0 Å². The summed E-state index contributed by atoms with van der Waals surface area (Å²) in [5, 5.41) is 0. The number of aliphatic imine (C=N–C) groups is 2. The van der Waals surface area contributed by atoms with Crippen LogP contribution in [0.5, 0.6) is 0 Å². The molecule has 0 unspecified atom stereocenters. The van der Waals surface area contributed by atoms with Gasteiger partial charge in [-0.15, -0.1) is 0 Å². The smallest absolute Gasteiger partial charge is 0.147 e. The van der Waals surface area contributed by atoms with Crippen LogP contribution in [0.25, 0.3) is 0 Å². The first-order valence-electron chi connectivity index (χ1n) is 3.71. The van der Waals surface area contributed by atoms with Crippen LogP contribution in [-0.4, -0.2) is 17.1 Å². The minimum atomic E-state index is -0.145. The second-order valence-electron chi connectivity index (χ2n) is 2.96. The Morgan fingerprint density at radius 1 is 1.20 bits per heavy atom. The van der Waals surface area contributed by atoms with Gasteiger partial charge in [0.05, 0.1) is 11.4 Å². The molecule has 0 radical (unpaired) electrons. The summed E-state index contributed by atoms with van der Waals surface area (Å²) in [6.07, 6.45) is 0.988. The van der Waals surface area contributed by atoms with Gasteiger partial charge in [0.15, 0.2) is 0 Å². The van der Waals surface area contributed by atoms with Crippen LogP contribution in [-0.2, 0) is 0 Å². The Hall–Kier alpha value is -0.660. The van der Waals surface area contributed by atoms with Gasteiger partial charge in [-0.3, -0.25) is 9.98 Å². The Labute approximate surface area is 62.1 Å². The summed E-state index contributed by atoms with van der Waals surface area (Å²) >= 11 is 0. The first kappa shape index (κ1) is 7.45. The molecule has 0 saturated heterocycles. The zero-order chi connectivity index (χ0) is 7.78. The summed E-state index contributed by atoms with van der Waals surface area (Å²) < 4.78 is 0. The highest BCUT2D eigenvalue weighted by Gasteiger charge is 2.24. The molecule has 1 heterocycles. The van der Waals surface area contributed by atoms with Crippen molar-refractivity contribution in [3.05, 3.63) is 0 Å². The largest absolute Gasteiger partial charge is 0.259 e. The molecule has 10 heavy (non-hydrogen) atoms. The third-order valence-corrected chi connectivity index (χ3v) is 2.01. The molecule has 0 aromatic rings. The van der Waals surface area contributed by atoms with Crippen LogP contribution in [0.15, 0.2) is 9.98 Å². The van der Waals surface area contributed by atoms with Gasteiger partial charge >= 0.3 is 0 Å². The molecule has 0 aromatic heterocycles. The Bertz CT molecular complexity index is 183. The second-order valence-corrected chi connectivity index (χ2v) is 2.96. The molecule has 0 amide bonds. The van der Waals surface area contributed by atoms with E-state index in [0.29, 0.717) is 0 Å². The number of hydrogen-bond donors (Lipinski definition) is 0. The maximum absolute atomic E-state index is 4.43. The van der Waals surface area contributed by atoms with E-state index in [9.17, 15) is 0 Å². The van der Waals surface area contributed by atoms with E-state index < -0.39 is 0 Å². The summed E-state index contributed by atoms with van der Waals surface area (Å²) in [5.41, 5.74) is 2.03. The number of nitrogens with zero attached hydrogens (tertiary/aromatic N) is 2. The summed E-state index contributed by atoms with van der Waals surface area (Å²) in [6.45, 7) is 8.20. The van der Waals surface area contributed by atoms with Crippen molar-refractivity contribution in [3.63, 3.8) is 0 Å². The first-order chi connectivity index (χ1) is 4.57. The van der Waals surface area contributed by atoms with E-state index in [2.05, 4.69) is 23.8 Å². The topological polar surface area (TPSA) is 24.7 Å². The van der Waals surface area contributed by atoms with Crippen molar-refractivity contribution < 1.29 is 0 Å². The monoisotopic (exact) mass is 138 g/mol. The Morgan fingerprint density at radius 3 is 1.80 bits per heavy atom. The molecule has 56 valence electrons. The van der Waals surface area contributed by atoms with E-state index >= 15 is 0 Å². The predicted octanol–water partition coefficient (Wildman–Crippen LogP) is 2.05. The van der Waals surface area contributed by atoms with E-state index in [1.165, 1.54) is 0 Å². The normalized spacial score (nSPS) is 22.4. The predicted molar refractivity (Wildman–Crippen MR) is 44.9 cm³/mol. The summed E-state index contributed by atoms with van der Waals surface area (Å²) in [5.74, 6) is 0. The maximum atomic E-state index is 4.43. The third kappa shape index (κ3) is 1.11. The first-order valence-corrected chi connectivity index (χ1v) is 3.71. The average molecular weight is 138 g/mol. The van der Waals surface area contributed by atoms with Crippen molar-refractivity contribution in [2.75, 3.05) is 0 Å². The van der Waals surface area contributed by atoms with Gasteiger partial charge in [0, 0.05) is 0 Å². The van der Waals surface area contributed by atoms with E-state index in [1.807, 2.05) is 13.8 Å². The lowest BCUT2D eigenvalue weighted by molar-refractivity contribution is 0.490. The quantitative estimate of drug-likeness (QED) is 0.530. The van der Waals surface area contributed by atoms with Crippen LogP contribution >= 0.6 is 0 Å². The van der Waals surface area contributed by atoms with Crippen LogP contribution in [0.3, 0.4) is 0 Å². The Kier molecular flexibility index (Phi) is 1.63. The summed E-state index contributed by atoms with van der Waals surface area (Å²) in [4.78, 5) is 8.87. The van der Waals surface area contributed by atoms with Gasteiger partial charge in [0.2, 0.25) is 0 Å². The van der Waals surface area contributed by atoms with Gasteiger partial charge in [0.25, 0.3) is 0 Å². The lowest BCUT2D eigenvalue weighted by atomic mass is 10.2. The molecule has 0 aromatic carbocycles. The molecule has 0 spiro atoms. The highest BCUT2D eigenvalue weighted by Crippen LogP contribution is 2.22. The van der Waals surface area contributed by atoms with Gasteiger partial charge in [0.1, 0.15) is 5.66 Å². The van der Waals surface area contributed by atoms with E-state index in [1.54, 1.807) is 0 Å². The lowest BCUT2D eigenvalue weighted by Crippen LogP contribution is -2.13. The fourth-order valence-corrected chi connectivity index (χ4v) is 1.07. The van der Waals surface area contributed by atoms with Crippen molar-refractivity contribution in [2.45, 2.75) is 39.8 Å². The van der Waals surface area contributed by atoms with E-state index in [0.717, 1.165) is 17.8 Å². The van der Waals surface area contributed by atoms with E-state index in [-0.39, 0.29) is 5.66 Å². The van der Waals surface area contributed by atoms with Gasteiger partial charge in [-0.05, 0) is 27.2 Å². The van der Waals surface area contributed by atoms with Crippen molar-refractivity contribution in [3.8, 4) is 0 Å². The number of rotatable bonds is 1. The molecule has 0 saturated carbocycles. The van der Waals surface area contributed by atoms with Crippen molar-refractivity contribution in [1.82, 2.24) is 0 Å². The molecule has 2 nitrogen and oxygen atoms in total. The molecule has 0 fully saturated rings. The number of hydrogen-bond acceptors (Lipinski definition) is 2. The summed E-state index contributed by atoms with van der Waals surface area (Å²) in [6, 6.07) is 0. The van der Waals surface area contributed by atoms with Crippen molar-refractivity contribution in [2.24, 2.45) is 9.98 Å². The van der Waals surface area contributed by atoms with Crippen molar-refractivity contribution in [1.29, 1.82) is 0 Å². The SMILES string of the molecule is CCC1(C)N=C(C)C(C)=N1. The van der Waals surface area contributed by atoms with E-state index in [4.69, 9.17) is 0 Å². The molecule has 2 heteroatoms. The van der Waals surface area contributed by atoms with Crippen LogP contribution in [0, 0.1) is 0 Å². The zero-order valence-corrected chi connectivity index (χ0v) is 7.10. The minimum absolute atomic E-state index is 0.145. The fourth-order valence-electron chi connectivity index (χ4n) is 1.07.